The number of piperidine rings is 1. The van der Waals surface area contributed by atoms with Crippen LogP contribution in [0.4, 0.5) is 4.79 Å². The number of carboxylic acid groups (broad SMARTS) is 1. The number of nitrogens with zero attached hydrogens (tertiary/aromatic N) is 2. The van der Waals surface area contributed by atoms with E-state index in [9.17, 15) is 14.7 Å². The molecule has 7 nitrogen and oxygen atoms in total. The van der Waals surface area contributed by atoms with Gasteiger partial charge in [0.25, 0.3) is 0 Å². The molecule has 148 valence electrons. The number of pyridine rings is 1. The smallest absolute Gasteiger partial charge is 0.318 e. The van der Waals surface area contributed by atoms with E-state index < -0.39 is 17.9 Å². The second kappa shape index (κ2) is 8.73. The number of hydrogen-bond donors (Lipinski definition) is 2. The molecule has 2 N–H and O–H groups in total. The maximum absolute atomic E-state index is 13.0. The van der Waals surface area contributed by atoms with Crippen LogP contribution in [0.5, 0.6) is 5.75 Å². The number of likely N-dealkylation sites (tertiary alicyclic amines) is 1. The Bertz CT molecular complexity index is 827. The summed E-state index contributed by atoms with van der Waals surface area (Å²) < 4.78 is 5.47. The number of methoxy groups -OCH3 is 1. The zero-order valence-corrected chi connectivity index (χ0v) is 16.0. The number of amides is 2. The van der Waals surface area contributed by atoms with E-state index in [2.05, 4.69) is 10.3 Å². The van der Waals surface area contributed by atoms with Crippen molar-refractivity contribution < 1.29 is 19.4 Å². The summed E-state index contributed by atoms with van der Waals surface area (Å²) in [6.45, 7) is 2.69. The topological polar surface area (TPSA) is 91.8 Å². The first-order chi connectivity index (χ1) is 13.5. The van der Waals surface area contributed by atoms with E-state index in [1.807, 2.05) is 49.4 Å². The largest absolute Gasteiger partial charge is 0.496 e. The summed E-state index contributed by atoms with van der Waals surface area (Å²) in [5.41, 5.74) is 1.47. The van der Waals surface area contributed by atoms with Gasteiger partial charge in [-0.25, -0.2) is 4.79 Å². The van der Waals surface area contributed by atoms with E-state index in [1.165, 1.54) is 0 Å². The van der Waals surface area contributed by atoms with Crippen LogP contribution in [0.15, 0.2) is 48.7 Å². The monoisotopic (exact) mass is 383 g/mol. The molecule has 2 amide bonds. The zero-order valence-electron chi connectivity index (χ0n) is 16.0. The van der Waals surface area contributed by atoms with Gasteiger partial charge in [0.15, 0.2) is 0 Å². The van der Waals surface area contributed by atoms with Crippen LogP contribution < -0.4 is 10.1 Å². The van der Waals surface area contributed by atoms with Gasteiger partial charge in [0, 0.05) is 24.8 Å². The lowest BCUT2D eigenvalue weighted by Gasteiger charge is -2.35. The number of nitrogens with one attached hydrogen (secondary N) is 1. The molecule has 1 saturated heterocycles. The molecule has 1 aromatic heterocycles. The predicted molar refractivity (Wildman–Crippen MR) is 104 cm³/mol. The molecule has 3 unspecified atom stereocenters. The van der Waals surface area contributed by atoms with Crippen molar-refractivity contribution in [3.8, 4) is 5.75 Å². The quantitative estimate of drug-likeness (QED) is 0.828. The molecule has 3 atom stereocenters. The van der Waals surface area contributed by atoms with Gasteiger partial charge in [0.05, 0.1) is 18.7 Å². The van der Waals surface area contributed by atoms with E-state index in [-0.39, 0.29) is 18.5 Å². The van der Waals surface area contributed by atoms with Crippen LogP contribution in [0.1, 0.15) is 30.6 Å². The van der Waals surface area contributed by atoms with Crippen LogP contribution in [0, 0.1) is 11.8 Å². The van der Waals surface area contributed by atoms with E-state index in [0.717, 1.165) is 5.56 Å². The minimum Gasteiger partial charge on any atom is -0.496 e. The van der Waals surface area contributed by atoms with E-state index in [1.54, 1.807) is 18.2 Å². The normalized spacial score (nSPS) is 20.3. The molecule has 7 heteroatoms. The molecule has 0 bridgehead atoms. The van der Waals surface area contributed by atoms with Crippen molar-refractivity contribution in [1.82, 2.24) is 15.2 Å². The van der Waals surface area contributed by atoms with Gasteiger partial charge < -0.3 is 20.1 Å². The highest BCUT2D eigenvalue weighted by atomic mass is 16.5. The van der Waals surface area contributed by atoms with Gasteiger partial charge in [0.1, 0.15) is 11.8 Å². The van der Waals surface area contributed by atoms with Gasteiger partial charge in [-0.2, -0.15) is 0 Å². The van der Waals surface area contributed by atoms with Crippen LogP contribution in [0.2, 0.25) is 0 Å². The van der Waals surface area contributed by atoms with Crippen LogP contribution in [-0.4, -0.2) is 47.2 Å². The average Bonchev–Trinajstić information content (AvgIpc) is 2.72. The Balaban J connectivity index is 1.87. The number of carbonyl (C=O) groups is 2. The molecule has 1 aliphatic rings. The lowest BCUT2D eigenvalue weighted by molar-refractivity contribution is -0.143. The highest BCUT2D eigenvalue weighted by Crippen LogP contribution is 2.30. The number of hydrogen-bond acceptors (Lipinski definition) is 4. The number of benzene rings is 1. The summed E-state index contributed by atoms with van der Waals surface area (Å²) in [5.74, 6) is -0.640. The summed E-state index contributed by atoms with van der Waals surface area (Å²) in [4.78, 5) is 30.4. The Morgan fingerprint density at radius 1 is 1.21 bits per heavy atom. The van der Waals surface area contributed by atoms with E-state index in [0.29, 0.717) is 24.4 Å². The van der Waals surface area contributed by atoms with Gasteiger partial charge in [-0.05, 0) is 30.5 Å². The summed E-state index contributed by atoms with van der Waals surface area (Å²) >= 11 is 0. The summed E-state index contributed by atoms with van der Waals surface area (Å²) in [7, 11) is 1.58. The van der Waals surface area contributed by atoms with Crippen molar-refractivity contribution >= 4 is 12.0 Å². The second-order valence-corrected chi connectivity index (χ2v) is 7.16. The van der Waals surface area contributed by atoms with Gasteiger partial charge in [-0.15, -0.1) is 0 Å². The molecule has 3 rings (SSSR count). The molecule has 28 heavy (non-hydrogen) atoms. The number of ether oxygens (including phenoxy) is 1. The molecular formula is C21H25N3O4. The van der Waals surface area contributed by atoms with Crippen LogP contribution in [-0.2, 0) is 4.79 Å². The van der Waals surface area contributed by atoms with Crippen LogP contribution >= 0.6 is 0 Å². The van der Waals surface area contributed by atoms with Crippen molar-refractivity contribution in [3.63, 3.8) is 0 Å². The van der Waals surface area contributed by atoms with Crippen molar-refractivity contribution in [2.75, 3.05) is 20.2 Å². The van der Waals surface area contributed by atoms with Gasteiger partial charge in [0.2, 0.25) is 0 Å². The highest BCUT2D eigenvalue weighted by molar-refractivity contribution is 5.77. The maximum Gasteiger partial charge on any atom is 0.318 e. The molecule has 2 heterocycles. The molecule has 0 radical (unpaired) electrons. The molecule has 0 spiro atoms. The van der Waals surface area contributed by atoms with Crippen LogP contribution in [0.25, 0.3) is 0 Å². The van der Waals surface area contributed by atoms with Crippen molar-refractivity contribution in [2.45, 2.75) is 19.4 Å². The molecule has 0 saturated carbocycles. The third-order valence-corrected chi connectivity index (χ3v) is 5.00. The first-order valence-electron chi connectivity index (χ1n) is 9.31. The number of carbonyl (C=O) groups excluding carboxylic acids is 1. The molecule has 1 aromatic carbocycles. The number of rotatable bonds is 5. The summed E-state index contributed by atoms with van der Waals surface area (Å²) in [5, 5.41) is 12.4. The number of urea groups is 1. The third kappa shape index (κ3) is 4.42. The molecule has 0 aliphatic carbocycles. The lowest BCUT2D eigenvalue weighted by Crippen LogP contribution is -2.50. The van der Waals surface area contributed by atoms with Crippen molar-refractivity contribution in [1.29, 1.82) is 0 Å². The molecule has 1 aliphatic heterocycles. The van der Waals surface area contributed by atoms with Gasteiger partial charge >= 0.3 is 12.0 Å². The lowest BCUT2D eigenvalue weighted by atomic mass is 9.90. The van der Waals surface area contributed by atoms with Gasteiger partial charge in [-0.3, -0.25) is 9.78 Å². The first kappa shape index (κ1) is 19.7. The second-order valence-electron chi connectivity index (χ2n) is 7.16. The van der Waals surface area contributed by atoms with Gasteiger partial charge in [-0.1, -0.05) is 31.2 Å². The van der Waals surface area contributed by atoms with E-state index >= 15 is 0 Å². The van der Waals surface area contributed by atoms with E-state index in [4.69, 9.17) is 4.74 Å². The highest BCUT2D eigenvalue weighted by Gasteiger charge is 2.33. The van der Waals surface area contributed by atoms with Crippen LogP contribution in [0.3, 0.4) is 0 Å². The minimum atomic E-state index is -0.865. The summed E-state index contributed by atoms with van der Waals surface area (Å²) in [6.07, 6.45) is 2.25. The third-order valence-electron chi connectivity index (χ3n) is 5.00. The minimum absolute atomic E-state index is 0.125. The Labute approximate surface area is 164 Å². The first-order valence-corrected chi connectivity index (χ1v) is 9.31. The Kier molecular flexibility index (Phi) is 6.13. The summed E-state index contributed by atoms with van der Waals surface area (Å²) in [6, 6.07) is 12.2. The number of aliphatic carboxylic acids is 1. The number of para-hydroxylation sites is 1. The zero-order chi connectivity index (χ0) is 20.1. The fourth-order valence-corrected chi connectivity index (χ4v) is 3.67. The fraction of sp³-hybridized carbons (Fsp3) is 0.381. The standard InChI is InChI=1S/C21H25N3O4/c1-14-11-15(20(25)26)13-24(12-14)21(27)23-19(17-8-5-6-10-22-17)16-7-3-4-9-18(16)28-2/h3-10,14-15,19H,11-13H2,1-2H3,(H,23,27)(H,25,26). The Morgan fingerprint density at radius 3 is 2.64 bits per heavy atom. The van der Waals surface area contributed by atoms with Crippen molar-refractivity contribution in [2.24, 2.45) is 11.8 Å². The fourth-order valence-electron chi connectivity index (χ4n) is 3.67. The Morgan fingerprint density at radius 2 is 1.96 bits per heavy atom. The molecule has 2 aromatic rings. The number of aromatic nitrogens is 1. The number of carboxylic acids is 1. The SMILES string of the molecule is COc1ccccc1C(NC(=O)N1CC(C)CC(C(=O)O)C1)c1ccccn1. The maximum atomic E-state index is 13.0. The van der Waals surface area contributed by atoms with Crippen molar-refractivity contribution in [3.05, 3.63) is 59.9 Å². The Hall–Kier alpha value is -3.09. The predicted octanol–water partition coefficient (Wildman–Crippen LogP) is 2.93. The average molecular weight is 383 g/mol. The molecular weight excluding hydrogens is 358 g/mol. The molecule has 1 fully saturated rings.